The summed E-state index contributed by atoms with van der Waals surface area (Å²) in [6.45, 7) is 2.04. The molecule has 1 nitrogen and oxygen atoms in total. The van der Waals surface area contributed by atoms with Crippen molar-refractivity contribution in [3.8, 4) is 0 Å². The van der Waals surface area contributed by atoms with Crippen molar-refractivity contribution in [2.75, 3.05) is 0 Å². The Morgan fingerprint density at radius 3 is 2.37 bits per heavy atom. The van der Waals surface area contributed by atoms with Crippen molar-refractivity contribution in [2.24, 2.45) is 5.73 Å². The van der Waals surface area contributed by atoms with E-state index in [-0.39, 0.29) is 6.04 Å². The summed E-state index contributed by atoms with van der Waals surface area (Å²) in [5.41, 5.74) is 9.40. The lowest BCUT2D eigenvalue weighted by Gasteiger charge is -2.17. The fourth-order valence-corrected chi connectivity index (χ4v) is 3.52. The standard InChI is InChI=1S/C14H11Br3ClN/c1-7-5-12(17)9(6-11(7)16)14(19)8-3-2-4-10(15)13(8)18/h2-6,14H,19H2,1H3. The fraction of sp³-hybridized carbons (Fsp3) is 0.143. The van der Waals surface area contributed by atoms with Gasteiger partial charge >= 0.3 is 0 Å². The molecule has 2 N–H and O–H groups in total. The molecule has 0 spiro atoms. The largest absolute Gasteiger partial charge is 0.320 e. The molecule has 0 saturated carbocycles. The van der Waals surface area contributed by atoms with Gasteiger partial charge in [-0.15, -0.1) is 0 Å². The van der Waals surface area contributed by atoms with Gasteiger partial charge in [0.2, 0.25) is 0 Å². The maximum atomic E-state index is 6.35. The number of hydrogen-bond acceptors (Lipinski definition) is 1. The van der Waals surface area contributed by atoms with Crippen molar-refractivity contribution < 1.29 is 0 Å². The molecule has 0 saturated heterocycles. The SMILES string of the molecule is Cc1cc(Br)c(C(N)c2cccc(Br)c2Cl)cc1Br. The lowest BCUT2D eigenvalue weighted by Crippen LogP contribution is -2.13. The number of aryl methyl sites for hydroxylation is 1. The number of halogens is 4. The van der Waals surface area contributed by atoms with Crippen molar-refractivity contribution in [1.29, 1.82) is 0 Å². The average Bonchev–Trinajstić information content (AvgIpc) is 2.36. The molecule has 2 aromatic rings. The summed E-state index contributed by atoms with van der Waals surface area (Å²) in [5.74, 6) is 0. The van der Waals surface area contributed by atoms with Crippen LogP contribution < -0.4 is 5.73 Å². The van der Waals surface area contributed by atoms with Crippen molar-refractivity contribution in [3.63, 3.8) is 0 Å². The summed E-state index contributed by atoms with van der Waals surface area (Å²) < 4.78 is 2.87. The highest BCUT2D eigenvalue weighted by Crippen LogP contribution is 2.36. The van der Waals surface area contributed by atoms with Crippen molar-refractivity contribution >= 4 is 59.4 Å². The minimum atomic E-state index is -0.281. The summed E-state index contributed by atoms with van der Waals surface area (Å²) in [7, 11) is 0. The summed E-state index contributed by atoms with van der Waals surface area (Å²) >= 11 is 16.8. The molecular weight excluding hydrogens is 457 g/mol. The Morgan fingerprint density at radius 1 is 1.00 bits per heavy atom. The van der Waals surface area contributed by atoms with Crippen LogP contribution in [0.4, 0.5) is 0 Å². The second-order valence-electron chi connectivity index (χ2n) is 4.24. The van der Waals surface area contributed by atoms with E-state index in [0.717, 1.165) is 30.1 Å². The average molecular weight is 468 g/mol. The van der Waals surface area contributed by atoms with E-state index in [2.05, 4.69) is 47.8 Å². The highest BCUT2D eigenvalue weighted by atomic mass is 79.9. The van der Waals surface area contributed by atoms with Crippen molar-refractivity contribution in [1.82, 2.24) is 0 Å². The zero-order valence-corrected chi connectivity index (χ0v) is 15.6. The maximum absolute atomic E-state index is 6.35. The van der Waals surface area contributed by atoms with E-state index in [1.807, 2.05) is 37.3 Å². The Morgan fingerprint density at radius 2 is 1.68 bits per heavy atom. The molecule has 100 valence electrons. The predicted molar refractivity (Wildman–Crippen MR) is 91.8 cm³/mol. The van der Waals surface area contributed by atoms with Crippen LogP contribution >= 0.6 is 59.4 Å². The van der Waals surface area contributed by atoms with Crippen LogP contribution in [-0.4, -0.2) is 0 Å². The van der Waals surface area contributed by atoms with Crippen molar-refractivity contribution in [3.05, 3.63) is 65.5 Å². The maximum Gasteiger partial charge on any atom is 0.0599 e. The molecular formula is C14H11Br3ClN. The lowest BCUT2D eigenvalue weighted by molar-refractivity contribution is 0.863. The Balaban J connectivity index is 2.53. The van der Waals surface area contributed by atoms with Gasteiger partial charge in [-0.05, 0) is 57.7 Å². The van der Waals surface area contributed by atoms with Gasteiger partial charge in [0.15, 0.2) is 0 Å². The quantitative estimate of drug-likeness (QED) is 0.576. The lowest BCUT2D eigenvalue weighted by atomic mass is 9.99. The number of hydrogen-bond donors (Lipinski definition) is 1. The summed E-state index contributed by atoms with van der Waals surface area (Å²) in [4.78, 5) is 0. The molecule has 0 aliphatic heterocycles. The highest BCUT2D eigenvalue weighted by Gasteiger charge is 2.17. The minimum absolute atomic E-state index is 0.281. The van der Waals surface area contributed by atoms with E-state index < -0.39 is 0 Å². The van der Waals surface area contributed by atoms with Gasteiger partial charge in [-0.3, -0.25) is 0 Å². The first-order chi connectivity index (χ1) is 8.91. The first kappa shape index (κ1) is 15.5. The molecule has 1 atom stereocenters. The molecule has 2 aromatic carbocycles. The van der Waals surface area contributed by atoms with Gasteiger partial charge in [-0.1, -0.05) is 55.6 Å². The third kappa shape index (κ3) is 3.24. The molecule has 0 heterocycles. The van der Waals surface area contributed by atoms with Crippen LogP contribution in [0.2, 0.25) is 5.02 Å². The van der Waals surface area contributed by atoms with Crippen LogP contribution in [0.1, 0.15) is 22.7 Å². The van der Waals surface area contributed by atoms with Crippen LogP contribution in [0, 0.1) is 6.92 Å². The third-order valence-electron chi connectivity index (χ3n) is 2.93. The van der Waals surface area contributed by atoms with E-state index in [9.17, 15) is 0 Å². The fourth-order valence-electron chi connectivity index (χ4n) is 1.83. The van der Waals surface area contributed by atoms with Gasteiger partial charge in [0.1, 0.15) is 0 Å². The molecule has 0 radical (unpaired) electrons. The Kier molecular flexibility index (Phi) is 5.12. The Labute approximate surface area is 142 Å². The van der Waals surface area contributed by atoms with E-state index in [0.29, 0.717) is 5.02 Å². The van der Waals surface area contributed by atoms with Gasteiger partial charge in [-0.2, -0.15) is 0 Å². The topological polar surface area (TPSA) is 26.0 Å². The van der Waals surface area contributed by atoms with Gasteiger partial charge in [0.25, 0.3) is 0 Å². The zero-order valence-electron chi connectivity index (χ0n) is 10.1. The van der Waals surface area contributed by atoms with E-state index in [4.69, 9.17) is 17.3 Å². The smallest absolute Gasteiger partial charge is 0.0599 e. The molecule has 2 rings (SSSR count). The van der Waals surface area contributed by atoms with E-state index >= 15 is 0 Å². The zero-order chi connectivity index (χ0) is 14.2. The number of rotatable bonds is 2. The Bertz CT molecular complexity index is 628. The molecule has 1 unspecified atom stereocenters. The second kappa shape index (κ2) is 6.27. The molecule has 0 aliphatic carbocycles. The van der Waals surface area contributed by atoms with Gasteiger partial charge < -0.3 is 5.73 Å². The van der Waals surface area contributed by atoms with Crippen molar-refractivity contribution in [2.45, 2.75) is 13.0 Å². The third-order valence-corrected chi connectivity index (χ3v) is 5.78. The molecule has 19 heavy (non-hydrogen) atoms. The van der Waals surface area contributed by atoms with Crippen LogP contribution in [-0.2, 0) is 0 Å². The monoisotopic (exact) mass is 465 g/mol. The molecule has 0 amide bonds. The van der Waals surface area contributed by atoms with E-state index in [1.165, 1.54) is 0 Å². The highest BCUT2D eigenvalue weighted by molar-refractivity contribution is 9.11. The van der Waals surface area contributed by atoms with Crippen LogP contribution in [0.15, 0.2) is 43.7 Å². The summed E-state index contributed by atoms with van der Waals surface area (Å²) in [5, 5.41) is 0.651. The second-order valence-corrected chi connectivity index (χ2v) is 7.18. The van der Waals surface area contributed by atoms with Crippen LogP contribution in [0.5, 0.6) is 0 Å². The number of benzene rings is 2. The van der Waals surface area contributed by atoms with Gasteiger partial charge in [-0.25, -0.2) is 0 Å². The first-order valence-corrected chi connectivity index (χ1v) is 8.32. The van der Waals surface area contributed by atoms with Gasteiger partial charge in [0.05, 0.1) is 11.1 Å². The normalized spacial score (nSPS) is 12.5. The predicted octanol–water partition coefficient (Wildman–Crippen LogP) is 5.98. The number of nitrogens with two attached hydrogens (primary N) is 1. The summed E-state index contributed by atoms with van der Waals surface area (Å²) in [6, 6.07) is 9.57. The van der Waals surface area contributed by atoms with Gasteiger partial charge in [0, 0.05) is 13.4 Å². The summed E-state index contributed by atoms with van der Waals surface area (Å²) in [6.07, 6.45) is 0. The molecule has 0 fully saturated rings. The van der Waals surface area contributed by atoms with Crippen LogP contribution in [0.3, 0.4) is 0 Å². The first-order valence-electron chi connectivity index (χ1n) is 5.57. The Hall–Kier alpha value is 0.130. The minimum Gasteiger partial charge on any atom is -0.320 e. The molecule has 0 aliphatic rings. The van der Waals surface area contributed by atoms with Crippen LogP contribution in [0.25, 0.3) is 0 Å². The molecule has 0 bridgehead atoms. The molecule has 0 aromatic heterocycles. The van der Waals surface area contributed by atoms with E-state index in [1.54, 1.807) is 0 Å². The molecule has 5 heteroatoms.